The van der Waals surface area contributed by atoms with Gasteiger partial charge in [0.25, 0.3) is 0 Å². The molecule has 2 aromatic rings. The molecule has 1 saturated heterocycles. The molecule has 0 radical (unpaired) electrons. The van der Waals surface area contributed by atoms with Crippen molar-refractivity contribution in [3.8, 4) is 11.5 Å². The highest BCUT2D eigenvalue weighted by Crippen LogP contribution is 2.18. The van der Waals surface area contributed by atoms with Crippen molar-refractivity contribution in [1.29, 1.82) is 0 Å². The molecule has 1 aromatic carbocycles. The van der Waals surface area contributed by atoms with E-state index in [-0.39, 0.29) is 12.0 Å². The second-order valence-electron chi connectivity index (χ2n) is 5.25. The molecule has 1 aromatic heterocycles. The number of aromatic nitrogens is 1. The Balaban J connectivity index is 1.46. The summed E-state index contributed by atoms with van der Waals surface area (Å²) >= 11 is 0. The number of nitrogens with zero attached hydrogens (tertiary/aromatic N) is 2. The third-order valence-electron chi connectivity index (χ3n) is 3.65. The van der Waals surface area contributed by atoms with E-state index < -0.39 is 0 Å². The molecule has 2 heterocycles. The van der Waals surface area contributed by atoms with Crippen LogP contribution in [0.2, 0.25) is 0 Å². The number of carbonyl (C=O) groups is 1. The summed E-state index contributed by atoms with van der Waals surface area (Å²) in [4.78, 5) is 18.0. The number of hydrogen-bond donors (Lipinski definition) is 0. The van der Waals surface area contributed by atoms with Crippen LogP contribution in [0.4, 0.5) is 0 Å². The Morgan fingerprint density at radius 1 is 1.23 bits per heavy atom. The highest BCUT2D eigenvalue weighted by Gasteiger charge is 2.32. The summed E-state index contributed by atoms with van der Waals surface area (Å²) in [5.74, 6) is 1.66. The number of carbonyl (C=O) groups excluding carboxylic acids is 1. The minimum Gasteiger partial charge on any atom is -0.497 e. The maximum atomic E-state index is 12.2. The molecular formula is C17H18N2O3. The molecule has 1 aliphatic heterocycles. The molecule has 1 amide bonds. The number of likely N-dealkylation sites (tertiary alicyclic amines) is 1. The van der Waals surface area contributed by atoms with E-state index in [4.69, 9.17) is 9.47 Å². The zero-order chi connectivity index (χ0) is 15.4. The van der Waals surface area contributed by atoms with Gasteiger partial charge in [-0.15, -0.1) is 0 Å². The van der Waals surface area contributed by atoms with Gasteiger partial charge in [-0.1, -0.05) is 12.1 Å². The van der Waals surface area contributed by atoms with Crippen LogP contribution in [0.5, 0.6) is 11.5 Å². The van der Waals surface area contributed by atoms with Crippen molar-refractivity contribution in [2.24, 2.45) is 0 Å². The van der Waals surface area contributed by atoms with Crippen LogP contribution in [0.25, 0.3) is 0 Å². The first-order valence-corrected chi connectivity index (χ1v) is 7.22. The smallest absolute Gasteiger partial charge is 0.227 e. The average molecular weight is 298 g/mol. The Morgan fingerprint density at radius 3 is 2.64 bits per heavy atom. The Kier molecular flexibility index (Phi) is 4.23. The quantitative estimate of drug-likeness (QED) is 0.846. The van der Waals surface area contributed by atoms with E-state index in [1.165, 1.54) is 0 Å². The fourth-order valence-electron chi connectivity index (χ4n) is 2.36. The molecule has 0 bridgehead atoms. The topological polar surface area (TPSA) is 51.7 Å². The lowest BCUT2D eigenvalue weighted by molar-refractivity contribution is -0.139. The summed E-state index contributed by atoms with van der Waals surface area (Å²) < 4.78 is 10.8. The Hall–Kier alpha value is -2.56. The van der Waals surface area contributed by atoms with Crippen LogP contribution in [0.15, 0.2) is 48.8 Å². The predicted octanol–water partition coefficient (Wildman–Crippen LogP) is 1.92. The van der Waals surface area contributed by atoms with Gasteiger partial charge in [0.2, 0.25) is 5.91 Å². The standard InChI is InChI=1S/C17H18N2O3/c1-21-14-6-4-13(5-7-14)9-17(20)19-11-16(12-19)22-15-3-2-8-18-10-15/h2-8,10,16H,9,11-12H2,1H3. The number of rotatable bonds is 5. The lowest BCUT2D eigenvalue weighted by Gasteiger charge is -2.39. The van der Waals surface area contributed by atoms with Gasteiger partial charge in [0.15, 0.2) is 0 Å². The highest BCUT2D eigenvalue weighted by atomic mass is 16.5. The van der Waals surface area contributed by atoms with Crippen LogP contribution >= 0.6 is 0 Å². The molecular weight excluding hydrogens is 280 g/mol. The zero-order valence-electron chi connectivity index (χ0n) is 12.4. The molecule has 0 N–H and O–H groups in total. The molecule has 0 saturated carbocycles. The number of benzene rings is 1. The Morgan fingerprint density at radius 2 is 2.00 bits per heavy atom. The van der Waals surface area contributed by atoms with E-state index in [0.29, 0.717) is 19.5 Å². The van der Waals surface area contributed by atoms with Gasteiger partial charge in [-0.2, -0.15) is 0 Å². The molecule has 5 nitrogen and oxygen atoms in total. The molecule has 0 unspecified atom stereocenters. The summed E-state index contributed by atoms with van der Waals surface area (Å²) in [6.45, 7) is 1.26. The molecule has 3 rings (SSSR count). The van der Waals surface area contributed by atoms with Crippen molar-refractivity contribution in [3.63, 3.8) is 0 Å². The van der Waals surface area contributed by atoms with E-state index in [0.717, 1.165) is 17.1 Å². The first kappa shape index (κ1) is 14.4. The molecule has 0 spiro atoms. The second-order valence-corrected chi connectivity index (χ2v) is 5.25. The summed E-state index contributed by atoms with van der Waals surface area (Å²) in [5.41, 5.74) is 0.988. The molecule has 0 atom stereocenters. The molecule has 114 valence electrons. The average Bonchev–Trinajstić information content (AvgIpc) is 2.52. The summed E-state index contributed by atoms with van der Waals surface area (Å²) in [5, 5.41) is 0. The molecule has 5 heteroatoms. The largest absolute Gasteiger partial charge is 0.497 e. The van der Waals surface area contributed by atoms with Crippen molar-refractivity contribution in [2.45, 2.75) is 12.5 Å². The van der Waals surface area contributed by atoms with Gasteiger partial charge in [0, 0.05) is 6.20 Å². The molecule has 1 fully saturated rings. The van der Waals surface area contributed by atoms with E-state index in [1.807, 2.05) is 41.3 Å². The zero-order valence-corrected chi connectivity index (χ0v) is 12.4. The molecule has 22 heavy (non-hydrogen) atoms. The maximum absolute atomic E-state index is 12.2. The van der Waals surface area contributed by atoms with Gasteiger partial charge < -0.3 is 14.4 Å². The van der Waals surface area contributed by atoms with Crippen molar-refractivity contribution in [3.05, 3.63) is 54.4 Å². The number of hydrogen-bond acceptors (Lipinski definition) is 4. The fraction of sp³-hybridized carbons (Fsp3) is 0.294. The van der Waals surface area contributed by atoms with Gasteiger partial charge in [0.05, 0.1) is 32.8 Å². The van der Waals surface area contributed by atoms with E-state index in [9.17, 15) is 4.79 Å². The van der Waals surface area contributed by atoms with Gasteiger partial charge >= 0.3 is 0 Å². The van der Waals surface area contributed by atoms with Gasteiger partial charge in [-0.05, 0) is 29.8 Å². The van der Waals surface area contributed by atoms with Crippen LogP contribution in [0, 0.1) is 0 Å². The molecule has 1 aliphatic rings. The lowest BCUT2D eigenvalue weighted by atomic mass is 10.1. The first-order valence-electron chi connectivity index (χ1n) is 7.22. The van der Waals surface area contributed by atoms with Crippen molar-refractivity contribution in [1.82, 2.24) is 9.88 Å². The minimum atomic E-state index is 0.0593. The van der Waals surface area contributed by atoms with E-state index in [2.05, 4.69) is 4.98 Å². The summed E-state index contributed by atoms with van der Waals surface area (Å²) in [6.07, 6.45) is 3.85. The van der Waals surface area contributed by atoms with Crippen molar-refractivity contribution < 1.29 is 14.3 Å². The SMILES string of the molecule is COc1ccc(CC(=O)N2CC(Oc3cccnc3)C2)cc1. The Labute approximate surface area is 129 Å². The normalized spacial score (nSPS) is 14.3. The van der Waals surface area contributed by atoms with E-state index >= 15 is 0 Å². The third kappa shape index (κ3) is 3.36. The van der Waals surface area contributed by atoms with Crippen LogP contribution in [0.3, 0.4) is 0 Å². The van der Waals surface area contributed by atoms with Crippen molar-refractivity contribution >= 4 is 5.91 Å². The first-order chi connectivity index (χ1) is 10.7. The van der Waals surface area contributed by atoms with Crippen LogP contribution in [0.1, 0.15) is 5.56 Å². The van der Waals surface area contributed by atoms with Gasteiger partial charge in [-0.3, -0.25) is 9.78 Å². The van der Waals surface area contributed by atoms with Crippen LogP contribution in [-0.2, 0) is 11.2 Å². The number of pyridine rings is 1. The number of ether oxygens (including phenoxy) is 2. The Bertz CT molecular complexity index is 622. The minimum absolute atomic E-state index is 0.0593. The maximum Gasteiger partial charge on any atom is 0.227 e. The van der Waals surface area contributed by atoms with Gasteiger partial charge in [0.1, 0.15) is 17.6 Å². The summed E-state index contributed by atoms with van der Waals surface area (Å²) in [7, 11) is 1.63. The monoisotopic (exact) mass is 298 g/mol. The van der Waals surface area contributed by atoms with Crippen LogP contribution < -0.4 is 9.47 Å². The summed E-state index contributed by atoms with van der Waals surface area (Å²) in [6, 6.07) is 11.3. The van der Waals surface area contributed by atoms with Crippen LogP contribution in [-0.4, -0.2) is 42.1 Å². The fourth-order valence-corrected chi connectivity index (χ4v) is 2.36. The van der Waals surface area contributed by atoms with Gasteiger partial charge in [-0.25, -0.2) is 0 Å². The molecule has 0 aliphatic carbocycles. The number of methoxy groups -OCH3 is 1. The third-order valence-corrected chi connectivity index (χ3v) is 3.65. The van der Waals surface area contributed by atoms with E-state index in [1.54, 1.807) is 19.5 Å². The second kappa shape index (κ2) is 6.47. The number of amides is 1. The predicted molar refractivity (Wildman–Crippen MR) is 81.9 cm³/mol. The van der Waals surface area contributed by atoms with Crippen molar-refractivity contribution in [2.75, 3.05) is 20.2 Å². The highest BCUT2D eigenvalue weighted by molar-refractivity contribution is 5.79. The lowest BCUT2D eigenvalue weighted by Crippen LogP contribution is -2.56.